The smallest absolute Gasteiger partial charge is 0.311 e. The summed E-state index contributed by atoms with van der Waals surface area (Å²) in [5.74, 6) is 0.584. The maximum absolute atomic E-state index is 11.1. The van der Waals surface area contributed by atoms with Crippen LogP contribution in [-0.2, 0) is 5.33 Å². The zero-order chi connectivity index (χ0) is 15.0. The summed E-state index contributed by atoms with van der Waals surface area (Å²) >= 11 is 4.88. The second-order valence-corrected chi connectivity index (χ2v) is 5.82. The number of imidazole rings is 1. The number of alkyl halides is 1. The maximum atomic E-state index is 11.1. The van der Waals surface area contributed by atoms with Gasteiger partial charge in [0.05, 0.1) is 10.6 Å². The standard InChI is InChI=1S/C13H10BrN3O3S/c1-8-2-3-9(17(18)19)11(6-8)20-12-10(7-14)16-4-5-21-13(16)15-12/h2-6H,7H2,1H3. The molecule has 2 heterocycles. The number of ether oxygens (including phenoxy) is 1. The van der Waals surface area contributed by atoms with E-state index in [1.165, 1.54) is 17.4 Å². The molecule has 0 atom stereocenters. The van der Waals surface area contributed by atoms with Crippen molar-refractivity contribution >= 4 is 37.9 Å². The van der Waals surface area contributed by atoms with E-state index < -0.39 is 4.92 Å². The molecule has 0 spiro atoms. The van der Waals surface area contributed by atoms with Gasteiger partial charge in [-0.05, 0) is 18.6 Å². The van der Waals surface area contributed by atoms with Gasteiger partial charge < -0.3 is 4.74 Å². The van der Waals surface area contributed by atoms with Crippen LogP contribution in [0, 0.1) is 17.0 Å². The Hall–Kier alpha value is -1.93. The quantitative estimate of drug-likeness (QED) is 0.391. The van der Waals surface area contributed by atoms with Crippen LogP contribution >= 0.6 is 27.3 Å². The molecule has 0 saturated heterocycles. The first-order valence-corrected chi connectivity index (χ1v) is 8.03. The Kier molecular flexibility index (Phi) is 3.64. The minimum Gasteiger partial charge on any atom is -0.430 e. The third-order valence-corrected chi connectivity index (χ3v) is 4.26. The summed E-state index contributed by atoms with van der Waals surface area (Å²) in [6.07, 6.45) is 1.89. The van der Waals surface area contributed by atoms with Gasteiger partial charge in [0, 0.05) is 23.0 Å². The summed E-state index contributed by atoms with van der Waals surface area (Å²) in [5, 5.41) is 13.6. The molecule has 0 aliphatic carbocycles. The Morgan fingerprint density at radius 1 is 1.52 bits per heavy atom. The van der Waals surface area contributed by atoms with Gasteiger partial charge in [-0.3, -0.25) is 14.5 Å². The van der Waals surface area contributed by atoms with Gasteiger partial charge in [0.1, 0.15) is 0 Å². The van der Waals surface area contributed by atoms with E-state index in [1.807, 2.05) is 22.9 Å². The number of thiazole rings is 1. The Balaban J connectivity index is 2.07. The highest BCUT2D eigenvalue weighted by Gasteiger charge is 2.20. The molecule has 6 nitrogen and oxygen atoms in total. The first-order chi connectivity index (χ1) is 10.1. The number of aromatic nitrogens is 2. The van der Waals surface area contributed by atoms with Gasteiger partial charge >= 0.3 is 5.69 Å². The predicted octanol–water partition coefficient (Wildman–Crippen LogP) is 4.30. The molecular formula is C13H10BrN3O3S. The summed E-state index contributed by atoms with van der Waals surface area (Å²) in [4.78, 5) is 15.8. The average Bonchev–Trinajstić information content (AvgIpc) is 2.98. The van der Waals surface area contributed by atoms with Crippen molar-refractivity contribution in [3.8, 4) is 11.6 Å². The van der Waals surface area contributed by atoms with Crippen LogP contribution in [0.25, 0.3) is 4.96 Å². The number of halogens is 1. The second kappa shape index (κ2) is 5.45. The Morgan fingerprint density at radius 3 is 3.05 bits per heavy atom. The van der Waals surface area contributed by atoms with Gasteiger partial charge in [0.25, 0.3) is 0 Å². The fraction of sp³-hybridized carbons (Fsp3) is 0.154. The van der Waals surface area contributed by atoms with Crippen molar-refractivity contribution in [3.63, 3.8) is 0 Å². The van der Waals surface area contributed by atoms with Gasteiger partial charge in [-0.25, -0.2) is 0 Å². The molecule has 0 radical (unpaired) electrons. The molecule has 3 rings (SSSR count). The molecule has 0 saturated carbocycles. The van der Waals surface area contributed by atoms with Crippen molar-refractivity contribution in [2.24, 2.45) is 0 Å². The van der Waals surface area contributed by atoms with Gasteiger partial charge in [0.15, 0.2) is 4.96 Å². The summed E-state index contributed by atoms with van der Waals surface area (Å²) < 4.78 is 7.62. The van der Waals surface area contributed by atoms with E-state index in [4.69, 9.17) is 4.74 Å². The van der Waals surface area contributed by atoms with E-state index in [2.05, 4.69) is 20.9 Å². The maximum Gasteiger partial charge on any atom is 0.311 e. The zero-order valence-electron chi connectivity index (χ0n) is 10.9. The number of benzene rings is 1. The molecule has 0 fully saturated rings. The van der Waals surface area contributed by atoms with E-state index in [1.54, 1.807) is 12.1 Å². The molecule has 8 heteroatoms. The fourth-order valence-electron chi connectivity index (χ4n) is 1.97. The molecule has 0 aliphatic rings. The fourth-order valence-corrected chi connectivity index (χ4v) is 3.21. The van der Waals surface area contributed by atoms with Crippen LogP contribution in [-0.4, -0.2) is 14.3 Å². The SMILES string of the molecule is Cc1ccc([N+](=O)[O-])c(Oc2nc3sccn3c2CBr)c1. The molecule has 0 aliphatic heterocycles. The summed E-state index contributed by atoms with van der Waals surface area (Å²) in [6.45, 7) is 1.85. The van der Waals surface area contributed by atoms with Crippen LogP contribution in [0.3, 0.4) is 0 Å². The number of fused-ring (bicyclic) bond motifs is 1. The van der Waals surface area contributed by atoms with Crippen LogP contribution in [0.2, 0.25) is 0 Å². The largest absolute Gasteiger partial charge is 0.430 e. The number of nitrogens with zero attached hydrogens (tertiary/aromatic N) is 3. The molecular weight excluding hydrogens is 358 g/mol. The van der Waals surface area contributed by atoms with Crippen molar-refractivity contribution in [3.05, 3.63) is 51.1 Å². The van der Waals surface area contributed by atoms with Crippen molar-refractivity contribution < 1.29 is 9.66 Å². The number of aryl methyl sites for hydroxylation is 1. The monoisotopic (exact) mass is 367 g/mol. The van der Waals surface area contributed by atoms with E-state index in [0.29, 0.717) is 11.2 Å². The van der Waals surface area contributed by atoms with Crippen molar-refractivity contribution in [2.75, 3.05) is 0 Å². The summed E-state index contributed by atoms with van der Waals surface area (Å²) in [7, 11) is 0. The average molecular weight is 368 g/mol. The van der Waals surface area contributed by atoms with E-state index in [9.17, 15) is 10.1 Å². The van der Waals surface area contributed by atoms with Crippen LogP contribution in [0.4, 0.5) is 5.69 Å². The van der Waals surface area contributed by atoms with E-state index in [-0.39, 0.29) is 11.4 Å². The lowest BCUT2D eigenvalue weighted by Crippen LogP contribution is -1.96. The molecule has 0 unspecified atom stereocenters. The minimum absolute atomic E-state index is 0.0718. The molecule has 3 aromatic rings. The van der Waals surface area contributed by atoms with Crippen molar-refractivity contribution in [1.29, 1.82) is 0 Å². The van der Waals surface area contributed by atoms with Crippen LogP contribution < -0.4 is 4.74 Å². The number of hydrogen-bond acceptors (Lipinski definition) is 5. The summed E-state index contributed by atoms with van der Waals surface area (Å²) in [6, 6.07) is 4.77. The van der Waals surface area contributed by atoms with Gasteiger partial charge in [-0.2, -0.15) is 4.98 Å². The molecule has 1 aromatic carbocycles. The van der Waals surface area contributed by atoms with Crippen molar-refractivity contribution in [2.45, 2.75) is 12.3 Å². The van der Waals surface area contributed by atoms with Gasteiger partial charge in [-0.15, -0.1) is 11.3 Å². The third kappa shape index (κ3) is 2.52. The number of nitro groups is 1. The number of nitro benzene ring substituents is 1. The Bertz CT molecular complexity index is 827. The first-order valence-electron chi connectivity index (χ1n) is 6.03. The van der Waals surface area contributed by atoms with E-state index >= 15 is 0 Å². The van der Waals surface area contributed by atoms with Crippen LogP contribution in [0.15, 0.2) is 29.8 Å². The lowest BCUT2D eigenvalue weighted by atomic mass is 10.2. The molecule has 0 amide bonds. The third-order valence-electron chi connectivity index (χ3n) is 2.97. The Labute approximate surface area is 132 Å². The number of rotatable bonds is 4. The second-order valence-electron chi connectivity index (χ2n) is 4.38. The lowest BCUT2D eigenvalue weighted by Gasteiger charge is -2.06. The molecule has 108 valence electrons. The number of hydrogen-bond donors (Lipinski definition) is 0. The highest BCUT2D eigenvalue weighted by Crippen LogP contribution is 2.35. The Morgan fingerprint density at radius 2 is 2.33 bits per heavy atom. The van der Waals surface area contributed by atoms with Crippen LogP contribution in [0.5, 0.6) is 11.6 Å². The van der Waals surface area contributed by atoms with E-state index in [0.717, 1.165) is 16.2 Å². The van der Waals surface area contributed by atoms with Gasteiger partial charge in [0.2, 0.25) is 11.6 Å². The molecule has 2 aromatic heterocycles. The predicted molar refractivity (Wildman–Crippen MR) is 83.6 cm³/mol. The topological polar surface area (TPSA) is 69.7 Å². The van der Waals surface area contributed by atoms with Crippen LogP contribution in [0.1, 0.15) is 11.3 Å². The molecule has 0 bridgehead atoms. The highest BCUT2D eigenvalue weighted by atomic mass is 79.9. The zero-order valence-corrected chi connectivity index (χ0v) is 13.3. The first kappa shape index (κ1) is 14.0. The normalized spacial score (nSPS) is 11.0. The minimum atomic E-state index is -0.457. The van der Waals surface area contributed by atoms with Crippen molar-refractivity contribution in [1.82, 2.24) is 9.38 Å². The molecule has 21 heavy (non-hydrogen) atoms. The lowest BCUT2D eigenvalue weighted by molar-refractivity contribution is -0.385. The summed E-state index contributed by atoms with van der Waals surface area (Å²) in [5.41, 5.74) is 1.64. The van der Waals surface area contributed by atoms with Gasteiger partial charge in [-0.1, -0.05) is 22.0 Å². The highest BCUT2D eigenvalue weighted by molar-refractivity contribution is 9.08. The molecule has 0 N–H and O–H groups in total.